The van der Waals surface area contributed by atoms with Crippen molar-refractivity contribution in [3.05, 3.63) is 76.9 Å². The molecule has 0 unspecified atom stereocenters. The molecule has 0 radical (unpaired) electrons. The quantitative estimate of drug-likeness (QED) is 0.515. The summed E-state index contributed by atoms with van der Waals surface area (Å²) in [5.74, 6) is 1.44. The standard InChI is InChI=1S/C19H15N3O4/c1-24-16-5-3-15(4-6-16)22-11-14(20-21-22)12-25-17-7-8-18-13(10-17)2-9-19(23)26-18/h2-11H,12H2,1H3. The maximum Gasteiger partial charge on any atom is 0.336 e. The molecule has 0 spiro atoms. The Labute approximate surface area is 148 Å². The minimum atomic E-state index is -0.374. The van der Waals surface area contributed by atoms with Crippen LogP contribution in [-0.4, -0.2) is 22.1 Å². The van der Waals surface area contributed by atoms with E-state index in [1.807, 2.05) is 36.5 Å². The van der Waals surface area contributed by atoms with Gasteiger partial charge in [0.05, 0.1) is 19.0 Å². The summed E-state index contributed by atoms with van der Waals surface area (Å²) in [4.78, 5) is 11.2. The number of methoxy groups -OCH3 is 1. The second kappa shape index (κ2) is 6.72. The van der Waals surface area contributed by atoms with Crippen LogP contribution in [0.2, 0.25) is 0 Å². The van der Waals surface area contributed by atoms with Gasteiger partial charge in [0.15, 0.2) is 0 Å². The number of aromatic nitrogens is 3. The first-order valence-electron chi connectivity index (χ1n) is 7.94. The Morgan fingerprint density at radius 3 is 2.65 bits per heavy atom. The number of hydrogen-bond acceptors (Lipinski definition) is 6. The van der Waals surface area contributed by atoms with Gasteiger partial charge in [0.25, 0.3) is 0 Å². The third-order valence-electron chi connectivity index (χ3n) is 3.86. The molecule has 4 rings (SSSR count). The van der Waals surface area contributed by atoms with Crippen molar-refractivity contribution in [1.82, 2.24) is 15.0 Å². The zero-order valence-electron chi connectivity index (χ0n) is 14.0. The molecule has 0 aliphatic rings. The van der Waals surface area contributed by atoms with E-state index in [-0.39, 0.29) is 12.2 Å². The van der Waals surface area contributed by atoms with Crippen molar-refractivity contribution in [1.29, 1.82) is 0 Å². The smallest absolute Gasteiger partial charge is 0.336 e. The summed E-state index contributed by atoms with van der Waals surface area (Å²) in [5.41, 5.74) is 1.72. The molecule has 4 aromatic rings. The van der Waals surface area contributed by atoms with E-state index in [2.05, 4.69) is 10.3 Å². The van der Waals surface area contributed by atoms with Crippen LogP contribution in [0, 0.1) is 0 Å². The lowest BCUT2D eigenvalue weighted by Gasteiger charge is -2.05. The molecule has 7 nitrogen and oxygen atoms in total. The van der Waals surface area contributed by atoms with Gasteiger partial charge in [-0.05, 0) is 48.5 Å². The second-order valence-corrected chi connectivity index (χ2v) is 5.60. The molecule has 130 valence electrons. The fraction of sp³-hybridized carbons (Fsp3) is 0.105. The zero-order valence-corrected chi connectivity index (χ0v) is 14.0. The molecular formula is C19H15N3O4. The topological polar surface area (TPSA) is 79.4 Å². The average Bonchev–Trinajstić information content (AvgIpc) is 3.15. The summed E-state index contributed by atoms with van der Waals surface area (Å²) in [6, 6.07) is 15.9. The van der Waals surface area contributed by atoms with Gasteiger partial charge in [-0.2, -0.15) is 0 Å². The van der Waals surface area contributed by atoms with Gasteiger partial charge < -0.3 is 13.9 Å². The monoisotopic (exact) mass is 349 g/mol. The Bertz CT molecular complexity index is 1100. The fourth-order valence-electron chi connectivity index (χ4n) is 2.52. The van der Waals surface area contributed by atoms with Crippen molar-refractivity contribution in [3.8, 4) is 17.2 Å². The van der Waals surface area contributed by atoms with Crippen molar-refractivity contribution in [2.75, 3.05) is 7.11 Å². The van der Waals surface area contributed by atoms with Gasteiger partial charge in [-0.25, -0.2) is 9.48 Å². The summed E-state index contributed by atoms with van der Waals surface area (Å²) in [7, 11) is 1.63. The molecule has 0 aliphatic heterocycles. The number of fused-ring (bicyclic) bond motifs is 1. The van der Waals surface area contributed by atoms with Crippen LogP contribution in [-0.2, 0) is 6.61 Å². The summed E-state index contributed by atoms with van der Waals surface area (Å²) >= 11 is 0. The van der Waals surface area contributed by atoms with Crippen LogP contribution in [0.15, 0.2) is 70.0 Å². The van der Waals surface area contributed by atoms with Gasteiger partial charge in [0, 0.05) is 11.5 Å². The second-order valence-electron chi connectivity index (χ2n) is 5.60. The Balaban J connectivity index is 1.47. The van der Waals surface area contributed by atoms with Crippen LogP contribution in [0.4, 0.5) is 0 Å². The van der Waals surface area contributed by atoms with Gasteiger partial charge in [0.1, 0.15) is 29.4 Å². The number of rotatable bonds is 5. The third kappa shape index (κ3) is 3.27. The predicted octanol–water partition coefficient (Wildman–Crippen LogP) is 2.96. The summed E-state index contributed by atoms with van der Waals surface area (Å²) in [6.45, 7) is 0.276. The SMILES string of the molecule is COc1ccc(-n2cc(COc3ccc4oc(=O)ccc4c3)nn2)cc1. The molecule has 2 aromatic carbocycles. The van der Waals surface area contributed by atoms with Crippen molar-refractivity contribution < 1.29 is 13.9 Å². The largest absolute Gasteiger partial charge is 0.497 e. The summed E-state index contributed by atoms with van der Waals surface area (Å²) < 4.78 is 17.7. The number of benzene rings is 2. The van der Waals surface area contributed by atoms with Crippen LogP contribution in [0.5, 0.6) is 11.5 Å². The molecule has 2 aromatic heterocycles. The van der Waals surface area contributed by atoms with Crippen molar-refractivity contribution >= 4 is 11.0 Å². The van der Waals surface area contributed by atoms with E-state index < -0.39 is 0 Å². The van der Waals surface area contributed by atoms with E-state index in [0.717, 1.165) is 16.8 Å². The zero-order chi connectivity index (χ0) is 17.9. The molecule has 0 saturated carbocycles. The van der Waals surface area contributed by atoms with Crippen LogP contribution < -0.4 is 15.1 Å². The van der Waals surface area contributed by atoms with Crippen LogP contribution in [0.3, 0.4) is 0 Å². The number of nitrogens with zero attached hydrogens (tertiary/aromatic N) is 3. The molecular weight excluding hydrogens is 334 g/mol. The molecule has 0 fully saturated rings. The lowest BCUT2D eigenvalue weighted by Crippen LogP contribution is -1.97. The highest BCUT2D eigenvalue weighted by Gasteiger charge is 2.05. The van der Waals surface area contributed by atoms with E-state index in [0.29, 0.717) is 17.0 Å². The number of hydrogen-bond donors (Lipinski definition) is 0. The molecule has 0 amide bonds. The molecule has 0 saturated heterocycles. The maximum atomic E-state index is 11.2. The van der Waals surface area contributed by atoms with Gasteiger partial charge in [-0.15, -0.1) is 5.10 Å². The summed E-state index contributed by atoms with van der Waals surface area (Å²) in [6.07, 6.45) is 1.81. The first-order chi connectivity index (χ1) is 12.7. The fourth-order valence-corrected chi connectivity index (χ4v) is 2.52. The van der Waals surface area contributed by atoms with Gasteiger partial charge in [-0.3, -0.25) is 0 Å². The first kappa shape index (κ1) is 15.9. The van der Waals surface area contributed by atoms with Crippen molar-refractivity contribution in [3.63, 3.8) is 0 Å². The lowest BCUT2D eigenvalue weighted by atomic mass is 10.2. The third-order valence-corrected chi connectivity index (χ3v) is 3.86. The van der Waals surface area contributed by atoms with Crippen molar-refractivity contribution in [2.45, 2.75) is 6.61 Å². The Kier molecular flexibility index (Phi) is 4.10. The van der Waals surface area contributed by atoms with Crippen molar-refractivity contribution in [2.24, 2.45) is 0 Å². The van der Waals surface area contributed by atoms with E-state index in [1.54, 1.807) is 30.0 Å². The van der Waals surface area contributed by atoms with E-state index in [4.69, 9.17) is 13.9 Å². The highest BCUT2D eigenvalue weighted by molar-refractivity contribution is 5.77. The van der Waals surface area contributed by atoms with Gasteiger partial charge in [-0.1, -0.05) is 5.21 Å². The minimum absolute atomic E-state index is 0.276. The van der Waals surface area contributed by atoms with Crippen LogP contribution >= 0.6 is 0 Å². The Morgan fingerprint density at radius 2 is 1.85 bits per heavy atom. The lowest BCUT2D eigenvalue weighted by molar-refractivity contribution is 0.301. The van der Waals surface area contributed by atoms with E-state index in [1.165, 1.54) is 6.07 Å². The van der Waals surface area contributed by atoms with Crippen LogP contribution in [0.25, 0.3) is 16.7 Å². The first-order valence-corrected chi connectivity index (χ1v) is 7.94. The van der Waals surface area contributed by atoms with Gasteiger partial charge in [0.2, 0.25) is 0 Å². The highest BCUT2D eigenvalue weighted by atomic mass is 16.5. The predicted molar refractivity (Wildman–Crippen MR) is 94.7 cm³/mol. The molecule has 0 atom stereocenters. The molecule has 0 bridgehead atoms. The molecule has 7 heteroatoms. The average molecular weight is 349 g/mol. The van der Waals surface area contributed by atoms with E-state index >= 15 is 0 Å². The Morgan fingerprint density at radius 1 is 1.04 bits per heavy atom. The highest BCUT2D eigenvalue weighted by Crippen LogP contribution is 2.20. The molecule has 26 heavy (non-hydrogen) atoms. The summed E-state index contributed by atoms with van der Waals surface area (Å²) in [5, 5.41) is 9.03. The molecule has 0 aliphatic carbocycles. The molecule has 0 N–H and O–H groups in total. The van der Waals surface area contributed by atoms with E-state index in [9.17, 15) is 4.79 Å². The minimum Gasteiger partial charge on any atom is -0.497 e. The Hall–Kier alpha value is -3.61. The van der Waals surface area contributed by atoms with Gasteiger partial charge >= 0.3 is 5.63 Å². The number of ether oxygens (including phenoxy) is 2. The molecule has 2 heterocycles. The normalized spacial score (nSPS) is 10.8. The maximum absolute atomic E-state index is 11.2. The van der Waals surface area contributed by atoms with Crippen LogP contribution in [0.1, 0.15) is 5.69 Å².